The summed E-state index contributed by atoms with van der Waals surface area (Å²) >= 11 is 1.16. The topological polar surface area (TPSA) is 102 Å². The maximum atomic E-state index is 14.2. The number of amides is 1. The third-order valence-corrected chi connectivity index (χ3v) is 7.52. The van der Waals surface area contributed by atoms with Crippen molar-refractivity contribution in [2.24, 2.45) is 0 Å². The molecule has 2 heterocycles. The van der Waals surface area contributed by atoms with Gasteiger partial charge in [-0.15, -0.1) is 0 Å². The number of carbonyl (C=O) groups excluding carboxylic acids is 1. The molecule has 1 atom stereocenters. The normalized spacial score (nSPS) is 14.5. The van der Waals surface area contributed by atoms with Crippen molar-refractivity contribution in [1.82, 2.24) is 14.5 Å². The van der Waals surface area contributed by atoms with Crippen LogP contribution >= 0.6 is 11.8 Å². The molecule has 4 aromatic rings. The lowest BCUT2D eigenvalue weighted by Gasteiger charge is -2.37. The minimum atomic E-state index is -0.563. The number of nitrogens with zero attached hydrogens (tertiary/aromatic N) is 5. The summed E-state index contributed by atoms with van der Waals surface area (Å²) in [6.07, 6.45) is 0. The highest BCUT2D eigenvalue weighted by Gasteiger charge is 2.28. The Balaban J connectivity index is 1.39. The summed E-state index contributed by atoms with van der Waals surface area (Å²) in [6.45, 7) is 3.66. The summed E-state index contributed by atoms with van der Waals surface area (Å²) < 4.78 is 15.6. The number of para-hydroxylation sites is 2. The highest BCUT2D eigenvalue weighted by Crippen LogP contribution is 2.28. The summed E-state index contributed by atoms with van der Waals surface area (Å²) in [5, 5.41) is 11.3. The molecule has 0 bridgehead atoms. The van der Waals surface area contributed by atoms with Gasteiger partial charge in [-0.3, -0.25) is 24.3 Å². The number of hydrogen-bond donors (Lipinski definition) is 0. The van der Waals surface area contributed by atoms with Gasteiger partial charge in [-0.05, 0) is 43.3 Å². The molecule has 1 aliphatic heterocycles. The summed E-state index contributed by atoms with van der Waals surface area (Å²) in [7, 11) is 0. The van der Waals surface area contributed by atoms with E-state index >= 15 is 0 Å². The van der Waals surface area contributed by atoms with E-state index < -0.39 is 10.2 Å². The van der Waals surface area contributed by atoms with Crippen LogP contribution in [0.4, 0.5) is 15.8 Å². The van der Waals surface area contributed by atoms with Gasteiger partial charge in [0.05, 0.1) is 32.5 Å². The lowest BCUT2D eigenvalue weighted by atomic mass is 10.2. The van der Waals surface area contributed by atoms with Gasteiger partial charge in [-0.25, -0.2) is 9.37 Å². The molecule has 3 aromatic carbocycles. The van der Waals surface area contributed by atoms with Crippen LogP contribution in [0.2, 0.25) is 0 Å². The van der Waals surface area contributed by atoms with E-state index in [1.165, 1.54) is 34.9 Å². The van der Waals surface area contributed by atoms with E-state index in [0.717, 1.165) is 11.8 Å². The smallest absolute Gasteiger partial charge is 0.269 e. The first kappa shape index (κ1) is 25.4. The molecule has 0 spiro atoms. The molecule has 1 amide bonds. The lowest BCUT2D eigenvalue weighted by Crippen LogP contribution is -2.51. The Morgan fingerprint density at radius 2 is 1.66 bits per heavy atom. The number of benzene rings is 3. The predicted molar refractivity (Wildman–Crippen MR) is 145 cm³/mol. The Bertz CT molecular complexity index is 1570. The van der Waals surface area contributed by atoms with Crippen molar-refractivity contribution >= 4 is 39.9 Å². The van der Waals surface area contributed by atoms with E-state index in [1.54, 1.807) is 54.3 Å². The highest BCUT2D eigenvalue weighted by molar-refractivity contribution is 8.00. The largest absolute Gasteiger partial charge is 0.366 e. The Morgan fingerprint density at radius 3 is 2.34 bits per heavy atom. The Kier molecular flexibility index (Phi) is 7.10. The zero-order chi connectivity index (χ0) is 26.8. The van der Waals surface area contributed by atoms with Crippen molar-refractivity contribution in [2.45, 2.75) is 17.3 Å². The number of carbonyl (C=O) groups is 1. The van der Waals surface area contributed by atoms with Gasteiger partial charge in [-0.1, -0.05) is 36.0 Å². The summed E-state index contributed by atoms with van der Waals surface area (Å²) in [5.41, 5.74) is 1.01. The van der Waals surface area contributed by atoms with Crippen molar-refractivity contribution in [3.63, 3.8) is 0 Å². The van der Waals surface area contributed by atoms with E-state index in [0.29, 0.717) is 53.6 Å². The van der Waals surface area contributed by atoms with Crippen molar-refractivity contribution in [3.8, 4) is 5.69 Å². The molecule has 1 saturated heterocycles. The molecule has 1 aromatic heterocycles. The number of halogens is 1. The fraction of sp³-hybridized carbons (Fsp3) is 0.222. The second-order valence-electron chi connectivity index (χ2n) is 8.85. The van der Waals surface area contributed by atoms with E-state index in [-0.39, 0.29) is 23.0 Å². The number of non-ortho nitro benzene ring substituents is 1. The minimum absolute atomic E-state index is 0.0946. The molecule has 9 nitrogen and oxygen atoms in total. The molecule has 194 valence electrons. The van der Waals surface area contributed by atoms with Gasteiger partial charge in [0.1, 0.15) is 5.82 Å². The molecular formula is C27H24FN5O4S. The standard InChI is InChI=1S/C27H24FN5O4S/c1-18(25(34)31-16-14-30(15-17-31)24-9-5-3-7-22(24)28)38-27-29-23-8-4-2-6-21(23)26(35)32(27)19-10-12-20(13-11-19)33(36)37/h2-13,18H,14-17H2,1H3. The number of anilines is 1. The summed E-state index contributed by atoms with van der Waals surface area (Å²) in [6, 6.07) is 19.2. The quantitative estimate of drug-likeness (QED) is 0.158. The second kappa shape index (κ2) is 10.6. The molecule has 11 heteroatoms. The van der Waals surface area contributed by atoms with Crippen molar-refractivity contribution in [1.29, 1.82) is 0 Å². The Hall–Kier alpha value is -4.25. The number of aromatic nitrogens is 2. The van der Waals surface area contributed by atoms with Crippen molar-refractivity contribution < 1.29 is 14.1 Å². The number of piperazine rings is 1. The number of rotatable bonds is 6. The first-order chi connectivity index (χ1) is 18.3. The van der Waals surface area contributed by atoms with Crippen LogP contribution in [0.25, 0.3) is 16.6 Å². The van der Waals surface area contributed by atoms with Gasteiger partial charge in [-0.2, -0.15) is 0 Å². The molecule has 0 aliphatic carbocycles. The molecule has 1 unspecified atom stereocenters. The van der Waals surface area contributed by atoms with Gasteiger partial charge in [0, 0.05) is 38.3 Å². The zero-order valence-electron chi connectivity index (χ0n) is 20.5. The van der Waals surface area contributed by atoms with Crippen LogP contribution < -0.4 is 10.5 Å². The van der Waals surface area contributed by atoms with Crippen LogP contribution in [0.15, 0.2) is 82.7 Å². The van der Waals surface area contributed by atoms with Crippen LogP contribution in [0.1, 0.15) is 6.92 Å². The zero-order valence-corrected chi connectivity index (χ0v) is 21.3. The summed E-state index contributed by atoms with van der Waals surface area (Å²) in [4.78, 5) is 45.7. The van der Waals surface area contributed by atoms with Crippen LogP contribution in [-0.2, 0) is 4.79 Å². The molecule has 1 fully saturated rings. The Labute approximate surface area is 221 Å². The molecule has 5 rings (SSSR count). The molecule has 0 saturated carbocycles. The maximum Gasteiger partial charge on any atom is 0.269 e. The van der Waals surface area contributed by atoms with Crippen LogP contribution in [-0.4, -0.2) is 56.7 Å². The maximum absolute atomic E-state index is 14.2. The van der Waals surface area contributed by atoms with Crippen LogP contribution in [0.3, 0.4) is 0 Å². The predicted octanol–water partition coefficient (Wildman–Crippen LogP) is 4.26. The number of nitro benzene ring substituents is 1. The molecular weight excluding hydrogens is 509 g/mol. The van der Waals surface area contributed by atoms with E-state index in [4.69, 9.17) is 0 Å². The number of nitro groups is 1. The van der Waals surface area contributed by atoms with E-state index in [9.17, 15) is 24.1 Å². The van der Waals surface area contributed by atoms with Gasteiger partial charge < -0.3 is 9.80 Å². The first-order valence-corrected chi connectivity index (χ1v) is 12.9. The fourth-order valence-electron chi connectivity index (χ4n) is 4.48. The van der Waals surface area contributed by atoms with Crippen molar-refractivity contribution in [3.05, 3.63) is 99.1 Å². The molecule has 0 radical (unpaired) electrons. The lowest BCUT2D eigenvalue weighted by molar-refractivity contribution is -0.384. The van der Waals surface area contributed by atoms with E-state index in [1.807, 2.05) is 4.90 Å². The molecule has 0 N–H and O–H groups in total. The fourth-order valence-corrected chi connectivity index (χ4v) is 5.49. The first-order valence-electron chi connectivity index (χ1n) is 12.0. The summed E-state index contributed by atoms with van der Waals surface area (Å²) in [5.74, 6) is -0.399. The van der Waals surface area contributed by atoms with Gasteiger partial charge in [0.15, 0.2) is 5.16 Å². The third kappa shape index (κ3) is 4.97. The third-order valence-electron chi connectivity index (χ3n) is 6.48. The van der Waals surface area contributed by atoms with Gasteiger partial charge >= 0.3 is 0 Å². The Morgan fingerprint density at radius 1 is 1.00 bits per heavy atom. The van der Waals surface area contributed by atoms with Crippen LogP contribution in [0.5, 0.6) is 0 Å². The average molecular weight is 534 g/mol. The monoisotopic (exact) mass is 533 g/mol. The number of thioether (sulfide) groups is 1. The second-order valence-corrected chi connectivity index (χ2v) is 10.2. The number of hydrogen-bond acceptors (Lipinski definition) is 7. The average Bonchev–Trinajstić information content (AvgIpc) is 2.93. The van der Waals surface area contributed by atoms with Gasteiger partial charge in [0.25, 0.3) is 11.2 Å². The highest BCUT2D eigenvalue weighted by atomic mass is 32.2. The van der Waals surface area contributed by atoms with Gasteiger partial charge in [0.2, 0.25) is 5.91 Å². The van der Waals surface area contributed by atoms with E-state index in [2.05, 4.69) is 4.98 Å². The number of fused-ring (bicyclic) bond motifs is 1. The molecule has 38 heavy (non-hydrogen) atoms. The molecule has 1 aliphatic rings. The van der Waals surface area contributed by atoms with Crippen LogP contribution in [0, 0.1) is 15.9 Å². The van der Waals surface area contributed by atoms with Crippen molar-refractivity contribution in [2.75, 3.05) is 31.1 Å². The minimum Gasteiger partial charge on any atom is -0.366 e. The SMILES string of the molecule is CC(Sc1nc2ccccc2c(=O)n1-c1ccc([N+](=O)[O-])cc1)C(=O)N1CCN(c2ccccc2F)CC1.